The van der Waals surface area contributed by atoms with Gasteiger partial charge in [-0.15, -0.1) is 0 Å². The Kier molecular flexibility index (Phi) is 3.85. The van der Waals surface area contributed by atoms with E-state index in [1.165, 1.54) is 6.33 Å². The summed E-state index contributed by atoms with van der Waals surface area (Å²) in [5, 5.41) is 2.99. The van der Waals surface area contributed by atoms with E-state index in [-0.39, 0.29) is 0 Å². The van der Waals surface area contributed by atoms with Gasteiger partial charge in [-0.3, -0.25) is 0 Å². The van der Waals surface area contributed by atoms with Crippen LogP contribution < -0.4 is 14.8 Å². The van der Waals surface area contributed by atoms with E-state index in [2.05, 4.69) is 15.3 Å². The van der Waals surface area contributed by atoms with Gasteiger partial charge in [-0.05, 0) is 19.1 Å². The standard InChI is InChI=1S/C14H17N3O2/c1-9-5-6-11(18-3)10(7-9)12-13(19-4)14(15-2)17-8-16-12/h5-8H,1-4H3,(H,15,16,17). The molecule has 5 nitrogen and oxygen atoms in total. The molecular weight excluding hydrogens is 242 g/mol. The minimum atomic E-state index is 0.605. The first kappa shape index (κ1) is 13.1. The number of hydrogen-bond donors (Lipinski definition) is 1. The molecule has 5 heteroatoms. The van der Waals surface area contributed by atoms with Gasteiger partial charge in [0.25, 0.3) is 0 Å². The minimum absolute atomic E-state index is 0.605. The van der Waals surface area contributed by atoms with Gasteiger partial charge in [-0.25, -0.2) is 9.97 Å². The fourth-order valence-corrected chi connectivity index (χ4v) is 1.94. The van der Waals surface area contributed by atoms with E-state index in [1.807, 2.05) is 25.1 Å². The molecule has 0 amide bonds. The van der Waals surface area contributed by atoms with Crippen LogP contribution in [0.2, 0.25) is 0 Å². The molecule has 2 rings (SSSR count). The molecule has 0 aliphatic carbocycles. The van der Waals surface area contributed by atoms with Crippen molar-refractivity contribution in [2.75, 3.05) is 26.6 Å². The second-order valence-electron chi connectivity index (χ2n) is 4.06. The summed E-state index contributed by atoms with van der Waals surface area (Å²) in [4.78, 5) is 8.47. The van der Waals surface area contributed by atoms with Crippen molar-refractivity contribution in [1.82, 2.24) is 9.97 Å². The molecule has 100 valence electrons. The maximum absolute atomic E-state index is 5.42. The SMILES string of the molecule is CNc1ncnc(-c2cc(C)ccc2OC)c1OC. The van der Waals surface area contributed by atoms with Crippen LogP contribution in [-0.4, -0.2) is 31.2 Å². The molecule has 1 N–H and O–H groups in total. The van der Waals surface area contributed by atoms with Crippen molar-refractivity contribution in [3.63, 3.8) is 0 Å². The molecule has 1 aromatic heterocycles. The Balaban J connectivity index is 2.67. The van der Waals surface area contributed by atoms with Crippen LogP contribution >= 0.6 is 0 Å². The molecule has 0 unspecified atom stereocenters. The Morgan fingerprint density at radius 3 is 2.53 bits per heavy atom. The lowest BCUT2D eigenvalue weighted by Crippen LogP contribution is -2.01. The van der Waals surface area contributed by atoms with Gasteiger partial charge in [0.2, 0.25) is 0 Å². The quantitative estimate of drug-likeness (QED) is 0.914. The monoisotopic (exact) mass is 259 g/mol. The van der Waals surface area contributed by atoms with Gasteiger partial charge in [0, 0.05) is 12.6 Å². The third-order valence-electron chi connectivity index (χ3n) is 2.85. The normalized spacial score (nSPS) is 10.1. The van der Waals surface area contributed by atoms with Gasteiger partial charge >= 0.3 is 0 Å². The summed E-state index contributed by atoms with van der Waals surface area (Å²) in [5.74, 6) is 2.01. The van der Waals surface area contributed by atoms with Crippen LogP contribution in [0.25, 0.3) is 11.3 Å². The molecule has 0 saturated heterocycles. The van der Waals surface area contributed by atoms with Crippen molar-refractivity contribution in [3.8, 4) is 22.8 Å². The van der Waals surface area contributed by atoms with Crippen LogP contribution in [0.3, 0.4) is 0 Å². The number of aryl methyl sites for hydroxylation is 1. The number of rotatable bonds is 4. The Morgan fingerprint density at radius 1 is 1.11 bits per heavy atom. The van der Waals surface area contributed by atoms with Crippen LogP contribution in [0.4, 0.5) is 5.82 Å². The third kappa shape index (κ3) is 2.45. The fraction of sp³-hybridized carbons (Fsp3) is 0.286. The van der Waals surface area contributed by atoms with E-state index in [9.17, 15) is 0 Å². The summed E-state index contributed by atoms with van der Waals surface area (Å²) < 4.78 is 10.8. The number of methoxy groups -OCH3 is 2. The topological polar surface area (TPSA) is 56.3 Å². The van der Waals surface area contributed by atoms with Crippen molar-refractivity contribution in [3.05, 3.63) is 30.1 Å². The number of benzene rings is 1. The van der Waals surface area contributed by atoms with E-state index >= 15 is 0 Å². The molecule has 1 heterocycles. The van der Waals surface area contributed by atoms with Gasteiger partial charge in [0.1, 0.15) is 17.8 Å². The molecule has 0 atom stereocenters. The highest BCUT2D eigenvalue weighted by Gasteiger charge is 2.16. The van der Waals surface area contributed by atoms with Crippen molar-refractivity contribution in [1.29, 1.82) is 0 Å². The predicted molar refractivity (Wildman–Crippen MR) is 74.9 cm³/mol. The van der Waals surface area contributed by atoms with E-state index < -0.39 is 0 Å². The Hall–Kier alpha value is -2.30. The van der Waals surface area contributed by atoms with Crippen LogP contribution in [0.15, 0.2) is 24.5 Å². The summed E-state index contributed by atoms with van der Waals surface area (Å²) in [6.07, 6.45) is 1.51. The van der Waals surface area contributed by atoms with Crippen LogP contribution in [0.1, 0.15) is 5.56 Å². The van der Waals surface area contributed by atoms with Crippen LogP contribution in [0, 0.1) is 6.92 Å². The molecule has 2 aromatic rings. The van der Waals surface area contributed by atoms with Crippen molar-refractivity contribution in [2.24, 2.45) is 0 Å². The van der Waals surface area contributed by atoms with Crippen LogP contribution in [0.5, 0.6) is 11.5 Å². The first-order valence-corrected chi connectivity index (χ1v) is 5.93. The maximum atomic E-state index is 5.42. The molecule has 1 aromatic carbocycles. The van der Waals surface area contributed by atoms with Crippen molar-refractivity contribution >= 4 is 5.82 Å². The summed E-state index contributed by atoms with van der Waals surface area (Å²) in [6, 6.07) is 5.93. The molecule has 0 aliphatic heterocycles. The van der Waals surface area contributed by atoms with Gasteiger partial charge in [-0.1, -0.05) is 11.6 Å². The molecule has 0 spiro atoms. The molecule has 0 bridgehead atoms. The zero-order valence-corrected chi connectivity index (χ0v) is 11.5. The zero-order chi connectivity index (χ0) is 13.8. The number of hydrogen-bond acceptors (Lipinski definition) is 5. The first-order chi connectivity index (χ1) is 9.21. The highest BCUT2D eigenvalue weighted by atomic mass is 16.5. The second-order valence-corrected chi connectivity index (χ2v) is 4.06. The lowest BCUT2D eigenvalue weighted by atomic mass is 10.1. The number of nitrogens with zero attached hydrogens (tertiary/aromatic N) is 2. The van der Waals surface area contributed by atoms with Gasteiger partial charge < -0.3 is 14.8 Å². The van der Waals surface area contributed by atoms with Crippen molar-refractivity contribution in [2.45, 2.75) is 6.92 Å². The van der Waals surface area contributed by atoms with Gasteiger partial charge in [0.05, 0.1) is 14.2 Å². The number of anilines is 1. The predicted octanol–water partition coefficient (Wildman–Crippen LogP) is 2.51. The summed E-state index contributed by atoms with van der Waals surface area (Å²) in [5.41, 5.74) is 2.73. The fourth-order valence-electron chi connectivity index (χ4n) is 1.94. The Labute approximate surface area is 112 Å². The van der Waals surface area contributed by atoms with Gasteiger partial charge in [-0.2, -0.15) is 0 Å². The average molecular weight is 259 g/mol. The highest BCUT2D eigenvalue weighted by Crippen LogP contribution is 2.38. The largest absolute Gasteiger partial charge is 0.496 e. The van der Waals surface area contributed by atoms with E-state index in [0.717, 1.165) is 16.9 Å². The number of ether oxygens (including phenoxy) is 2. The summed E-state index contributed by atoms with van der Waals surface area (Å²) in [6.45, 7) is 2.02. The number of nitrogens with one attached hydrogen (secondary N) is 1. The average Bonchev–Trinajstić information content (AvgIpc) is 2.46. The van der Waals surface area contributed by atoms with E-state index in [1.54, 1.807) is 21.3 Å². The summed E-state index contributed by atoms with van der Waals surface area (Å²) >= 11 is 0. The third-order valence-corrected chi connectivity index (χ3v) is 2.85. The molecule has 0 fully saturated rings. The molecular formula is C14H17N3O2. The molecule has 0 radical (unpaired) electrons. The minimum Gasteiger partial charge on any atom is -0.496 e. The Morgan fingerprint density at radius 2 is 1.89 bits per heavy atom. The highest BCUT2D eigenvalue weighted by molar-refractivity contribution is 5.77. The molecule has 0 aliphatic rings. The lowest BCUT2D eigenvalue weighted by Gasteiger charge is -2.14. The van der Waals surface area contributed by atoms with Crippen molar-refractivity contribution < 1.29 is 9.47 Å². The molecule has 19 heavy (non-hydrogen) atoms. The van der Waals surface area contributed by atoms with E-state index in [4.69, 9.17) is 9.47 Å². The Bertz CT molecular complexity index is 585. The first-order valence-electron chi connectivity index (χ1n) is 5.93. The maximum Gasteiger partial charge on any atom is 0.187 e. The zero-order valence-electron chi connectivity index (χ0n) is 11.5. The lowest BCUT2D eigenvalue weighted by molar-refractivity contribution is 0.409. The van der Waals surface area contributed by atoms with Gasteiger partial charge in [0.15, 0.2) is 11.6 Å². The smallest absolute Gasteiger partial charge is 0.187 e. The second kappa shape index (κ2) is 5.56. The van der Waals surface area contributed by atoms with Crippen LogP contribution in [-0.2, 0) is 0 Å². The molecule has 0 saturated carbocycles. The van der Waals surface area contributed by atoms with E-state index in [0.29, 0.717) is 17.3 Å². The number of aromatic nitrogens is 2. The summed E-state index contributed by atoms with van der Waals surface area (Å²) in [7, 11) is 5.04.